The van der Waals surface area contributed by atoms with Crippen LogP contribution in [0.3, 0.4) is 0 Å². The molecule has 28 heavy (non-hydrogen) atoms. The molecular weight excluding hydrogens is 399 g/mol. The number of aromatic amines is 1. The van der Waals surface area contributed by atoms with Gasteiger partial charge in [-0.05, 0) is 13.0 Å². The molecule has 0 saturated heterocycles. The molecule has 8 heteroatoms. The number of hydrogen-bond acceptors (Lipinski definition) is 4. The summed E-state index contributed by atoms with van der Waals surface area (Å²) >= 11 is 12.6. The van der Waals surface area contributed by atoms with Crippen molar-refractivity contribution in [3.05, 3.63) is 51.2 Å². The van der Waals surface area contributed by atoms with Crippen LogP contribution in [0, 0.1) is 12.3 Å². The maximum Gasteiger partial charge on any atom is 0.292 e. The molecule has 0 aliphatic carbocycles. The molecule has 3 heterocycles. The van der Waals surface area contributed by atoms with Crippen molar-refractivity contribution in [1.29, 1.82) is 0 Å². The summed E-state index contributed by atoms with van der Waals surface area (Å²) in [5.41, 5.74) is 3.30. The van der Waals surface area contributed by atoms with Gasteiger partial charge in [0.2, 0.25) is 5.82 Å². The van der Waals surface area contributed by atoms with E-state index < -0.39 is 0 Å². The second-order valence-electron chi connectivity index (χ2n) is 6.50. The first-order valence-electron chi connectivity index (χ1n) is 8.62. The molecule has 142 valence electrons. The number of H-pyrrole nitrogens is 1. The number of aromatic nitrogens is 3. The molecule has 1 atom stereocenters. The Bertz CT molecular complexity index is 1130. The summed E-state index contributed by atoms with van der Waals surface area (Å²) in [6.07, 6.45) is 9.29. The number of hydrogen-bond donors (Lipinski definition) is 1. The zero-order chi connectivity index (χ0) is 20.0. The van der Waals surface area contributed by atoms with E-state index in [4.69, 9.17) is 34.4 Å². The van der Waals surface area contributed by atoms with E-state index in [2.05, 4.69) is 20.9 Å². The highest BCUT2D eigenvalue weighted by Gasteiger charge is 2.33. The SMILES string of the molecule is C#Cc1cc(Cl)c(Cl)c2[nH]c3c(c12)[C@@H](C)N(C(=O)c1ncc(OC)cn1)CC3. The molecule has 0 bridgehead atoms. The summed E-state index contributed by atoms with van der Waals surface area (Å²) in [7, 11) is 1.52. The van der Waals surface area contributed by atoms with Gasteiger partial charge < -0.3 is 14.6 Å². The summed E-state index contributed by atoms with van der Waals surface area (Å²) < 4.78 is 5.05. The maximum atomic E-state index is 13.0. The average molecular weight is 415 g/mol. The average Bonchev–Trinajstić information content (AvgIpc) is 3.11. The van der Waals surface area contributed by atoms with E-state index in [1.54, 1.807) is 11.0 Å². The first-order valence-corrected chi connectivity index (χ1v) is 9.37. The van der Waals surface area contributed by atoms with E-state index in [0.29, 0.717) is 39.8 Å². The van der Waals surface area contributed by atoms with Gasteiger partial charge in [-0.15, -0.1) is 6.42 Å². The third-order valence-corrected chi connectivity index (χ3v) is 5.84. The number of nitrogens with zero attached hydrogens (tertiary/aromatic N) is 3. The van der Waals surface area contributed by atoms with E-state index in [-0.39, 0.29) is 17.8 Å². The molecule has 1 amide bonds. The minimum atomic E-state index is -0.252. The third-order valence-electron chi connectivity index (χ3n) is 5.05. The lowest BCUT2D eigenvalue weighted by atomic mass is 9.94. The largest absolute Gasteiger partial charge is 0.494 e. The van der Waals surface area contributed by atoms with Crippen LogP contribution in [-0.4, -0.2) is 39.4 Å². The van der Waals surface area contributed by atoms with Crippen molar-refractivity contribution < 1.29 is 9.53 Å². The van der Waals surface area contributed by atoms with Gasteiger partial charge in [0, 0.05) is 35.2 Å². The highest BCUT2D eigenvalue weighted by atomic mass is 35.5. The molecule has 4 rings (SSSR count). The quantitative estimate of drug-likeness (QED) is 0.642. The Labute approximate surface area is 171 Å². The van der Waals surface area contributed by atoms with Crippen LogP contribution in [0.25, 0.3) is 10.9 Å². The van der Waals surface area contributed by atoms with E-state index in [1.807, 2.05) is 6.92 Å². The molecule has 0 spiro atoms. The Morgan fingerprint density at radius 1 is 1.39 bits per heavy atom. The van der Waals surface area contributed by atoms with Crippen molar-refractivity contribution in [1.82, 2.24) is 19.9 Å². The molecule has 1 aliphatic heterocycles. The molecule has 0 radical (unpaired) electrons. The molecule has 2 aromatic heterocycles. The zero-order valence-electron chi connectivity index (χ0n) is 15.2. The lowest BCUT2D eigenvalue weighted by molar-refractivity contribution is 0.0665. The first-order chi connectivity index (χ1) is 13.5. The van der Waals surface area contributed by atoms with Crippen LogP contribution in [0.1, 0.15) is 40.4 Å². The van der Waals surface area contributed by atoms with Gasteiger partial charge in [-0.3, -0.25) is 4.79 Å². The van der Waals surface area contributed by atoms with Crippen LogP contribution in [0.5, 0.6) is 5.75 Å². The molecule has 0 fully saturated rings. The topological polar surface area (TPSA) is 71.1 Å². The van der Waals surface area contributed by atoms with E-state index in [0.717, 1.165) is 16.6 Å². The van der Waals surface area contributed by atoms with E-state index in [1.165, 1.54) is 19.5 Å². The summed E-state index contributed by atoms with van der Waals surface area (Å²) in [6.45, 7) is 2.47. The Kier molecular flexibility index (Phi) is 4.66. The second kappa shape index (κ2) is 7.01. The molecule has 6 nitrogen and oxygen atoms in total. The first kappa shape index (κ1) is 18.6. The van der Waals surface area contributed by atoms with Gasteiger partial charge in [-0.2, -0.15) is 0 Å². The van der Waals surface area contributed by atoms with Gasteiger partial charge in [-0.25, -0.2) is 9.97 Å². The van der Waals surface area contributed by atoms with Crippen molar-refractivity contribution in [2.24, 2.45) is 0 Å². The lowest BCUT2D eigenvalue weighted by Gasteiger charge is -2.33. The van der Waals surface area contributed by atoms with Gasteiger partial charge in [0.05, 0.1) is 41.1 Å². The number of methoxy groups -OCH3 is 1. The second-order valence-corrected chi connectivity index (χ2v) is 7.29. The number of benzene rings is 1. The van der Waals surface area contributed by atoms with Crippen LogP contribution < -0.4 is 4.74 Å². The lowest BCUT2D eigenvalue weighted by Crippen LogP contribution is -2.39. The maximum absolute atomic E-state index is 13.0. The van der Waals surface area contributed by atoms with Crippen LogP contribution in [-0.2, 0) is 6.42 Å². The number of ether oxygens (including phenoxy) is 1. The number of carbonyl (C=O) groups is 1. The third kappa shape index (κ3) is 2.79. The number of terminal acetylenes is 1. The molecule has 1 aromatic carbocycles. The van der Waals surface area contributed by atoms with Gasteiger partial charge in [0.1, 0.15) is 0 Å². The smallest absolute Gasteiger partial charge is 0.292 e. The van der Waals surface area contributed by atoms with Gasteiger partial charge in [0.15, 0.2) is 5.75 Å². The Morgan fingerprint density at radius 2 is 2.11 bits per heavy atom. The number of halogens is 2. The Morgan fingerprint density at radius 3 is 2.75 bits per heavy atom. The molecule has 0 unspecified atom stereocenters. The fourth-order valence-corrected chi connectivity index (χ4v) is 4.08. The van der Waals surface area contributed by atoms with E-state index in [9.17, 15) is 4.79 Å². The van der Waals surface area contributed by atoms with Crippen molar-refractivity contribution in [2.45, 2.75) is 19.4 Å². The van der Waals surface area contributed by atoms with Gasteiger partial charge in [-0.1, -0.05) is 29.1 Å². The fraction of sp³-hybridized carbons (Fsp3) is 0.250. The van der Waals surface area contributed by atoms with E-state index >= 15 is 0 Å². The number of rotatable bonds is 2. The number of nitrogens with one attached hydrogen (secondary N) is 1. The molecule has 3 aromatic rings. The summed E-state index contributed by atoms with van der Waals surface area (Å²) in [4.78, 5) is 26.3. The summed E-state index contributed by atoms with van der Waals surface area (Å²) in [6, 6.07) is 1.44. The highest BCUT2D eigenvalue weighted by Crippen LogP contribution is 2.42. The monoisotopic (exact) mass is 414 g/mol. The molecule has 0 saturated carbocycles. The number of fused-ring (bicyclic) bond motifs is 3. The standard InChI is InChI=1S/C20H16Cl2N4O2/c1-4-11-7-13(21)17(22)18-16(11)15-10(2)26(6-5-14(15)25-18)20(27)19-23-8-12(28-3)9-24-19/h1,7-10,25H,5-6H2,2-3H3/t10-/m1/s1. The fourth-order valence-electron chi connectivity index (χ4n) is 3.68. The Hall–Kier alpha value is -2.75. The van der Waals surface area contributed by atoms with Crippen LogP contribution in [0.15, 0.2) is 18.5 Å². The van der Waals surface area contributed by atoms with Crippen LogP contribution in [0.2, 0.25) is 10.0 Å². The summed E-state index contributed by atoms with van der Waals surface area (Å²) in [5.74, 6) is 3.04. The zero-order valence-corrected chi connectivity index (χ0v) is 16.7. The summed E-state index contributed by atoms with van der Waals surface area (Å²) in [5, 5.41) is 1.65. The Balaban J connectivity index is 1.79. The normalized spacial score (nSPS) is 16.0. The predicted molar refractivity (Wildman–Crippen MR) is 108 cm³/mol. The minimum Gasteiger partial charge on any atom is -0.494 e. The van der Waals surface area contributed by atoms with Crippen LogP contribution in [0.4, 0.5) is 0 Å². The molecule has 1 N–H and O–H groups in total. The highest BCUT2D eigenvalue weighted by molar-refractivity contribution is 6.45. The number of carbonyl (C=O) groups excluding carboxylic acids is 1. The minimum absolute atomic E-state index is 0.120. The van der Waals surface area contributed by atoms with Gasteiger partial charge in [0.25, 0.3) is 5.91 Å². The van der Waals surface area contributed by atoms with Crippen molar-refractivity contribution in [2.75, 3.05) is 13.7 Å². The molecular formula is C20H16Cl2N4O2. The van der Waals surface area contributed by atoms with Crippen molar-refractivity contribution in [3.63, 3.8) is 0 Å². The molecule has 1 aliphatic rings. The van der Waals surface area contributed by atoms with Crippen molar-refractivity contribution in [3.8, 4) is 18.1 Å². The predicted octanol–water partition coefficient (Wildman–Crippen LogP) is 4.01. The van der Waals surface area contributed by atoms with Crippen LogP contribution >= 0.6 is 23.2 Å². The van der Waals surface area contributed by atoms with Crippen molar-refractivity contribution >= 4 is 40.0 Å². The number of amides is 1. The van der Waals surface area contributed by atoms with Gasteiger partial charge >= 0.3 is 0 Å².